The zero-order valence-corrected chi connectivity index (χ0v) is 11.7. The molecule has 0 aliphatic carbocycles. The Bertz CT molecular complexity index is 478. The lowest BCUT2D eigenvalue weighted by Gasteiger charge is -2.17. The van der Waals surface area contributed by atoms with Crippen LogP contribution < -0.4 is 9.64 Å². The number of nitrogens with zero attached hydrogens (tertiary/aromatic N) is 3. The van der Waals surface area contributed by atoms with Crippen molar-refractivity contribution in [3.63, 3.8) is 0 Å². The molecule has 6 nitrogen and oxygen atoms in total. The van der Waals surface area contributed by atoms with Gasteiger partial charge in [-0.15, -0.1) is 0 Å². The fourth-order valence-electron chi connectivity index (χ4n) is 2.40. The van der Waals surface area contributed by atoms with Crippen LogP contribution in [0.1, 0.15) is 12.7 Å². The fourth-order valence-corrected chi connectivity index (χ4v) is 2.40. The van der Waals surface area contributed by atoms with E-state index in [0.717, 1.165) is 12.4 Å². The van der Waals surface area contributed by atoms with Gasteiger partial charge in [0.2, 0.25) is 5.88 Å². The Balaban J connectivity index is 2.20. The third-order valence-corrected chi connectivity index (χ3v) is 3.45. The van der Waals surface area contributed by atoms with Gasteiger partial charge in [0, 0.05) is 19.2 Å². The van der Waals surface area contributed by atoms with Gasteiger partial charge in [-0.1, -0.05) is 6.92 Å². The molecular weight excluding hydrogens is 246 g/mol. The van der Waals surface area contributed by atoms with Crippen LogP contribution in [0.4, 0.5) is 5.82 Å². The van der Waals surface area contributed by atoms with Crippen molar-refractivity contribution in [2.24, 2.45) is 11.8 Å². The van der Waals surface area contributed by atoms with E-state index in [4.69, 9.17) is 9.47 Å². The smallest absolute Gasteiger partial charge is 0.310 e. The standard InChI is InChI=1S/C13H19N3O3/c1-8-6-16(7-10(8)13(17)19-4)11-5-12(18-3)15-9(2)14-11/h5,8,10H,6-7H2,1-4H3. The fraction of sp³-hybridized carbons (Fsp3) is 0.615. The van der Waals surface area contributed by atoms with Crippen LogP contribution in [0, 0.1) is 18.8 Å². The molecule has 1 aromatic heterocycles. The maximum Gasteiger partial charge on any atom is 0.310 e. The topological polar surface area (TPSA) is 64.5 Å². The number of hydrogen-bond acceptors (Lipinski definition) is 6. The normalized spacial score (nSPS) is 22.4. The van der Waals surface area contributed by atoms with Gasteiger partial charge in [0.05, 0.1) is 20.1 Å². The summed E-state index contributed by atoms with van der Waals surface area (Å²) >= 11 is 0. The molecule has 2 unspecified atom stereocenters. The van der Waals surface area contributed by atoms with Gasteiger partial charge in [0.1, 0.15) is 11.6 Å². The van der Waals surface area contributed by atoms with E-state index < -0.39 is 0 Å². The molecule has 0 radical (unpaired) electrons. The zero-order valence-electron chi connectivity index (χ0n) is 11.7. The number of aromatic nitrogens is 2. The first kappa shape index (κ1) is 13.6. The van der Waals surface area contributed by atoms with Gasteiger partial charge >= 0.3 is 5.97 Å². The van der Waals surface area contributed by atoms with Crippen molar-refractivity contribution in [3.8, 4) is 5.88 Å². The van der Waals surface area contributed by atoms with Crippen LogP contribution in [0.15, 0.2) is 6.07 Å². The second-order valence-electron chi connectivity index (χ2n) is 4.83. The van der Waals surface area contributed by atoms with Gasteiger partial charge in [0.15, 0.2) is 0 Å². The molecule has 0 N–H and O–H groups in total. The van der Waals surface area contributed by atoms with E-state index in [1.165, 1.54) is 7.11 Å². The first-order valence-electron chi connectivity index (χ1n) is 6.27. The lowest BCUT2D eigenvalue weighted by molar-refractivity contribution is -0.145. The van der Waals surface area contributed by atoms with Gasteiger partial charge in [-0.2, -0.15) is 4.98 Å². The van der Waals surface area contributed by atoms with E-state index in [1.54, 1.807) is 13.2 Å². The highest BCUT2D eigenvalue weighted by Crippen LogP contribution is 2.29. The molecule has 0 bridgehead atoms. The summed E-state index contributed by atoms with van der Waals surface area (Å²) in [5.74, 6) is 1.97. The zero-order chi connectivity index (χ0) is 14.0. The average molecular weight is 265 g/mol. The molecule has 104 valence electrons. The van der Waals surface area contributed by atoms with Crippen molar-refractivity contribution in [1.29, 1.82) is 0 Å². The molecule has 2 rings (SSSR count). The van der Waals surface area contributed by atoms with Crippen LogP contribution >= 0.6 is 0 Å². The molecule has 1 aliphatic heterocycles. The lowest BCUT2D eigenvalue weighted by atomic mass is 9.99. The quantitative estimate of drug-likeness (QED) is 0.761. The Morgan fingerprint density at radius 2 is 2.11 bits per heavy atom. The number of hydrogen-bond donors (Lipinski definition) is 0. The third-order valence-electron chi connectivity index (χ3n) is 3.45. The number of carbonyl (C=O) groups is 1. The van der Waals surface area contributed by atoms with E-state index in [9.17, 15) is 4.79 Å². The maximum absolute atomic E-state index is 11.7. The predicted octanol–water partition coefficient (Wildman–Crippen LogP) is 1.04. The first-order chi connectivity index (χ1) is 9.05. The van der Waals surface area contributed by atoms with Gasteiger partial charge in [-0.05, 0) is 12.8 Å². The number of rotatable bonds is 3. The number of ether oxygens (including phenoxy) is 2. The number of methoxy groups -OCH3 is 2. The minimum absolute atomic E-state index is 0.105. The van der Waals surface area contributed by atoms with E-state index in [2.05, 4.69) is 14.9 Å². The number of carbonyl (C=O) groups excluding carboxylic acids is 1. The van der Waals surface area contributed by atoms with Crippen molar-refractivity contribution in [2.45, 2.75) is 13.8 Å². The molecule has 0 amide bonds. The van der Waals surface area contributed by atoms with Crippen LogP contribution in [0.5, 0.6) is 5.88 Å². The van der Waals surface area contributed by atoms with Crippen LogP contribution in [0.2, 0.25) is 0 Å². The molecule has 1 aromatic rings. The largest absolute Gasteiger partial charge is 0.481 e. The summed E-state index contributed by atoms with van der Waals surface area (Å²) in [5, 5.41) is 0. The van der Waals surface area contributed by atoms with Gasteiger partial charge in [-0.25, -0.2) is 4.98 Å². The highest BCUT2D eigenvalue weighted by atomic mass is 16.5. The summed E-state index contributed by atoms with van der Waals surface area (Å²) < 4.78 is 9.98. The number of esters is 1. The molecule has 1 aliphatic rings. The second-order valence-corrected chi connectivity index (χ2v) is 4.83. The lowest BCUT2D eigenvalue weighted by Crippen LogP contribution is -2.25. The van der Waals surface area contributed by atoms with Crippen molar-refractivity contribution < 1.29 is 14.3 Å². The molecule has 0 saturated carbocycles. The number of anilines is 1. The summed E-state index contributed by atoms with van der Waals surface area (Å²) in [4.78, 5) is 22.3. The molecule has 0 spiro atoms. The van der Waals surface area contributed by atoms with Crippen LogP contribution in [-0.4, -0.2) is 43.2 Å². The SMILES string of the molecule is COC(=O)C1CN(c2cc(OC)nc(C)n2)CC1C. The number of aryl methyl sites for hydroxylation is 1. The molecule has 0 aromatic carbocycles. The summed E-state index contributed by atoms with van der Waals surface area (Å²) in [7, 11) is 3.00. The van der Waals surface area contributed by atoms with E-state index in [0.29, 0.717) is 18.2 Å². The summed E-state index contributed by atoms with van der Waals surface area (Å²) in [5.41, 5.74) is 0. The predicted molar refractivity (Wildman–Crippen MR) is 70.2 cm³/mol. The van der Waals surface area contributed by atoms with Crippen molar-refractivity contribution in [3.05, 3.63) is 11.9 Å². The molecule has 19 heavy (non-hydrogen) atoms. The Kier molecular flexibility index (Phi) is 3.87. The second kappa shape index (κ2) is 5.42. The third kappa shape index (κ3) is 2.77. The van der Waals surface area contributed by atoms with Gasteiger partial charge in [-0.3, -0.25) is 4.79 Å². The van der Waals surface area contributed by atoms with Crippen molar-refractivity contribution >= 4 is 11.8 Å². The van der Waals surface area contributed by atoms with Gasteiger partial charge in [0.25, 0.3) is 0 Å². The highest BCUT2D eigenvalue weighted by Gasteiger charge is 2.36. The molecule has 6 heteroatoms. The minimum Gasteiger partial charge on any atom is -0.481 e. The van der Waals surface area contributed by atoms with E-state index >= 15 is 0 Å². The molecule has 2 heterocycles. The van der Waals surface area contributed by atoms with Crippen LogP contribution in [0.3, 0.4) is 0 Å². The molecular formula is C13H19N3O3. The summed E-state index contributed by atoms with van der Waals surface area (Å²) in [6.07, 6.45) is 0. The van der Waals surface area contributed by atoms with Crippen LogP contribution in [0.25, 0.3) is 0 Å². The van der Waals surface area contributed by atoms with E-state index in [-0.39, 0.29) is 17.8 Å². The summed E-state index contributed by atoms with van der Waals surface area (Å²) in [6.45, 7) is 5.27. The molecule has 1 fully saturated rings. The van der Waals surface area contributed by atoms with E-state index in [1.807, 2.05) is 13.8 Å². The van der Waals surface area contributed by atoms with Crippen LogP contribution in [-0.2, 0) is 9.53 Å². The van der Waals surface area contributed by atoms with Gasteiger partial charge < -0.3 is 14.4 Å². The molecule has 2 atom stereocenters. The molecule has 1 saturated heterocycles. The van der Waals surface area contributed by atoms with Crippen molar-refractivity contribution in [1.82, 2.24) is 9.97 Å². The maximum atomic E-state index is 11.7. The Hall–Kier alpha value is -1.85. The Morgan fingerprint density at radius 1 is 1.37 bits per heavy atom. The first-order valence-corrected chi connectivity index (χ1v) is 6.27. The summed E-state index contributed by atoms with van der Waals surface area (Å²) in [6, 6.07) is 1.79. The average Bonchev–Trinajstić information content (AvgIpc) is 2.79. The Morgan fingerprint density at radius 3 is 2.74 bits per heavy atom. The van der Waals surface area contributed by atoms with Crippen molar-refractivity contribution in [2.75, 3.05) is 32.2 Å². The highest BCUT2D eigenvalue weighted by molar-refractivity contribution is 5.74. The monoisotopic (exact) mass is 265 g/mol. The minimum atomic E-state index is -0.159. The Labute approximate surface area is 112 Å².